The summed E-state index contributed by atoms with van der Waals surface area (Å²) in [5.41, 5.74) is 0.257. The molecule has 1 fully saturated rings. The summed E-state index contributed by atoms with van der Waals surface area (Å²) in [6.45, 7) is 10.6. The molecule has 0 bridgehead atoms. The summed E-state index contributed by atoms with van der Waals surface area (Å²) < 4.78 is 27.0. The molecule has 2 rings (SSSR count). The first-order chi connectivity index (χ1) is 9.71. The van der Waals surface area contributed by atoms with Crippen LogP contribution < -0.4 is 5.32 Å². The van der Waals surface area contributed by atoms with E-state index < -0.39 is 10.0 Å². The monoisotopic (exact) mass is 330 g/mol. The van der Waals surface area contributed by atoms with Crippen LogP contribution in [0.1, 0.15) is 45.4 Å². The van der Waals surface area contributed by atoms with Crippen LogP contribution in [0.3, 0.4) is 0 Å². The molecule has 1 aliphatic heterocycles. The van der Waals surface area contributed by atoms with Crippen LogP contribution in [0.2, 0.25) is 0 Å². The number of piperidine rings is 1. The maximum Gasteiger partial charge on any atom is 0.243 e. The standard InChI is InChI=1S/C15H26N2O2S2/c1-12(2)16-10-13-9-14(11-20-13)21(18,19)17-7-5-15(3,4)6-8-17/h9,11-12,16H,5-8,10H2,1-4H3. The number of hydrogen-bond acceptors (Lipinski definition) is 4. The molecule has 6 heteroatoms. The Labute approximate surface area is 132 Å². The topological polar surface area (TPSA) is 49.4 Å². The van der Waals surface area contributed by atoms with E-state index in [4.69, 9.17) is 0 Å². The normalized spacial score (nSPS) is 20.0. The Kier molecular flexibility index (Phi) is 5.13. The Hall–Kier alpha value is -0.430. The fraction of sp³-hybridized carbons (Fsp3) is 0.733. The molecule has 0 saturated carbocycles. The minimum atomic E-state index is -3.31. The van der Waals surface area contributed by atoms with Crippen LogP contribution in [0, 0.1) is 5.41 Å². The van der Waals surface area contributed by atoms with Crippen LogP contribution in [0.5, 0.6) is 0 Å². The van der Waals surface area contributed by atoms with E-state index in [9.17, 15) is 8.42 Å². The van der Waals surface area contributed by atoms with Gasteiger partial charge in [-0.1, -0.05) is 27.7 Å². The number of hydrogen-bond donors (Lipinski definition) is 1. The van der Waals surface area contributed by atoms with E-state index in [1.165, 1.54) is 11.3 Å². The van der Waals surface area contributed by atoms with Gasteiger partial charge in [0, 0.05) is 35.9 Å². The van der Waals surface area contributed by atoms with E-state index in [-0.39, 0.29) is 5.41 Å². The lowest BCUT2D eigenvalue weighted by Gasteiger charge is -2.35. The second-order valence-electron chi connectivity index (χ2n) is 6.85. The van der Waals surface area contributed by atoms with Gasteiger partial charge < -0.3 is 5.32 Å². The van der Waals surface area contributed by atoms with Crippen molar-refractivity contribution in [1.29, 1.82) is 0 Å². The SMILES string of the molecule is CC(C)NCc1cc(S(=O)(=O)N2CCC(C)(C)CC2)cs1. The molecule has 2 heterocycles. The van der Waals surface area contributed by atoms with Crippen LogP contribution in [0.25, 0.3) is 0 Å². The van der Waals surface area contributed by atoms with Gasteiger partial charge in [0.15, 0.2) is 0 Å². The lowest BCUT2D eigenvalue weighted by Crippen LogP contribution is -2.40. The maximum absolute atomic E-state index is 12.7. The molecule has 1 saturated heterocycles. The number of thiophene rings is 1. The van der Waals surface area contributed by atoms with Crippen LogP contribution in [0.4, 0.5) is 0 Å². The van der Waals surface area contributed by atoms with Gasteiger partial charge in [-0.3, -0.25) is 0 Å². The highest BCUT2D eigenvalue weighted by molar-refractivity contribution is 7.89. The molecule has 4 nitrogen and oxygen atoms in total. The molecule has 0 spiro atoms. The van der Waals surface area contributed by atoms with Gasteiger partial charge in [-0.2, -0.15) is 4.31 Å². The molecule has 0 unspecified atom stereocenters. The first kappa shape index (κ1) is 16.9. The van der Waals surface area contributed by atoms with Gasteiger partial charge in [0.1, 0.15) is 0 Å². The molecular weight excluding hydrogens is 304 g/mol. The molecule has 1 N–H and O–H groups in total. The van der Waals surface area contributed by atoms with Crippen molar-refractivity contribution in [1.82, 2.24) is 9.62 Å². The maximum atomic E-state index is 12.7. The van der Waals surface area contributed by atoms with Crippen molar-refractivity contribution in [3.63, 3.8) is 0 Å². The van der Waals surface area contributed by atoms with E-state index in [0.29, 0.717) is 24.0 Å². The minimum Gasteiger partial charge on any atom is -0.310 e. The molecule has 0 aromatic carbocycles. The Morgan fingerprint density at radius 2 is 1.95 bits per heavy atom. The van der Waals surface area contributed by atoms with Crippen molar-refractivity contribution in [2.75, 3.05) is 13.1 Å². The molecule has 0 atom stereocenters. The smallest absolute Gasteiger partial charge is 0.243 e. The third-order valence-corrected chi connectivity index (χ3v) is 6.99. The summed E-state index contributed by atoms with van der Waals surface area (Å²) in [6.07, 6.45) is 1.86. The summed E-state index contributed by atoms with van der Waals surface area (Å²) >= 11 is 1.51. The summed E-state index contributed by atoms with van der Waals surface area (Å²) in [5.74, 6) is 0. The highest BCUT2D eigenvalue weighted by Crippen LogP contribution is 2.33. The van der Waals surface area contributed by atoms with Crippen molar-refractivity contribution < 1.29 is 8.42 Å². The zero-order valence-corrected chi connectivity index (χ0v) is 15.0. The third kappa shape index (κ3) is 4.28. The van der Waals surface area contributed by atoms with Crippen LogP contribution in [-0.2, 0) is 16.6 Å². The van der Waals surface area contributed by atoms with Gasteiger partial charge >= 0.3 is 0 Å². The van der Waals surface area contributed by atoms with Gasteiger partial charge in [0.2, 0.25) is 10.0 Å². The molecule has 1 aromatic rings. The van der Waals surface area contributed by atoms with E-state index in [1.54, 1.807) is 9.69 Å². The molecule has 1 aliphatic rings. The molecule has 0 aliphatic carbocycles. The fourth-order valence-corrected chi connectivity index (χ4v) is 5.03. The largest absolute Gasteiger partial charge is 0.310 e. The Morgan fingerprint density at radius 3 is 2.52 bits per heavy atom. The average Bonchev–Trinajstić information content (AvgIpc) is 2.85. The Bertz CT molecular complexity index is 566. The zero-order chi connectivity index (χ0) is 15.7. The van der Waals surface area contributed by atoms with Crippen LogP contribution >= 0.6 is 11.3 Å². The van der Waals surface area contributed by atoms with Gasteiger partial charge in [0.05, 0.1) is 4.90 Å². The second-order valence-corrected chi connectivity index (χ2v) is 9.79. The van der Waals surface area contributed by atoms with Crippen molar-refractivity contribution >= 4 is 21.4 Å². The van der Waals surface area contributed by atoms with E-state index in [0.717, 1.165) is 24.3 Å². The summed E-state index contributed by atoms with van der Waals surface area (Å²) in [6, 6.07) is 2.21. The molecular formula is C15H26N2O2S2. The zero-order valence-electron chi connectivity index (χ0n) is 13.3. The van der Waals surface area contributed by atoms with Crippen molar-refractivity contribution in [3.05, 3.63) is 16.3 Å². The van der Waals surface area contributed by atoms with Crippen molar-refractivity contribution in [2.24, 2.45) is 5.41 Å². The van der Waals surface area contributed by atoms with Gasteiger partial charge in [-0.15, -0.1) is 11.3 Å². The van der Waals surface area contributed by atoms with Crippen molar-refractivity contribution in [2.45, 2.75) is 58.0 Å². The predicted molar refractivity (Wildman–Crippen MR) is 88.1 cm³/mol. The molecule has 0 radical (unpaired) electrons. The van der Waals surface area contributed by atoms with Crippen molar-refractivity contribution in [3.8, 4) is 0 Å². The van der Waals surface area contributed by atoms with E-state index >= 15 is 0 Å². The fourth-order valence-electron chi connectivity index (χ4n) is 2.37. The van der Waals surface area contributed by atoms with E-state index in [1.807, 2.05) is 6.07 Å². The molecule has 0 amide bonds. The highest BCUT2D eigenvalue weighted by atomic mass is 32.2. The lowest BCUT2D eigenvalue weighted by atomic mass is 9.83. The second kappa shape index (κ2) is 6.36. The number of nitrogens with zero attached hydrogens (tertiary/aromatic N) is 1. The third-order valence-electron chi connectivity index (χ3n) is 4.03. The minimum absolute atomic E-state index is 0.257. The molecule has 21 heavy (non-hydrogen) atoms. The van der Waals surface area contributed by atoms with Gasteiger partial charge in [0.25, 0.3) is 0 Å². The summed E-state index contributed by atoms with van der Waals surface area (Å²) in [7, 11) is -3.31. The van der Waals surface area contributed by atoms with Crippen LogP contribution in [0.15, 0.2) is 16.3 Å². The summed E-state index contributed by atoms with van der Waals surface area (Å²) in [4.78, 5) is 1.52. The number of sulfonamides is 1. The number of rotatable bonds is 5. The van der Waals surface area contributed by atoms with Gasteiger partial charge in [-0.25, -0.2) is 8.42 Å². The first-order valence-corrected chi connectivity index (χ1v) is 9.84. The summed E-state index contributed by atoms with van der Waals surface area (Å²) in [5, 5.41) is 5.09. The predicted octanol–water partition coefficient (Wildman–Crippen LogP) is 3.06. The molecule has 1 aromatic heterocycles. The highest BCUT2D eigenvalue weighted by Gasteiger charge is 2.33. The lowest BCUT2D eigenvalue weighted by molar-refractivity contribution is 0.196. The number of nitrogens with one attached hydrogen (secondary N) is 1. The van der Waals surface area contributed by atoms with Crippen LogP contribution in [-0.4, -0.2) is 31.9 Å². The molecule has 120 valence electrons. The average molecular weight is 331 g/mol. The Morgan fingerprint density at radius 1 is 1.33 bits per heavy atom. The quantitative estimate of drug-likeness (QED) is 0.903. The van der Waals surface area contributed by atoms with E-state index in [2.05, 4.69) is 33.0 Å². The van der Waals surface area contributed by atoms with Gasteiger partial charge in [-0.05, 0) is 24.3 Å². The first-order valence-electron chi connectivity index (χ1n) is 7.52. The Balaban J connectivity index is 2.06.